The normalized spacial score (nSPS) is 34.4. The monoisotopic (exact) mass is 322 g/mol. The largest absolute Gasteiger partial charge is 0.353 e. The number of aromatic amines is 1. The topological polar surface area (TPSA) is 56.4 Å². The van der Waals surface area contributed by atoms with E-state index in [1.165, 1.54) is 10.8 Å². The zero-order valence-electron chi connectivity index (χ0n) is 13.2. The van der Waals surface area contributed by atoms with Crippen molar-refractivity contribution in [2.24, 2.45) is 0 Å². The Morgan fingerprint density at radius 3 is 2.42 bits per heavy atom. The third-order valence-electron chi connectivity index (χ3n) is 5.51. The molecular weight excluding hydrogens is 304 g/mol. The molecule has 4 bridgehead atoms. The highest BCUT2D eigenvalue weighted by Gasteiger charge is 2.55. The van der Waals surface area contributed by atoms with Gasteiger partial charge in [-0.05, 0) is 12.1 Å². The van der Waals surface area contributed by atoms with Crippen LogP contribution in [0.25, 0.3) is 21.8 Å². The van der Waals surface area contributed by atoms with Crippen molar-refractivity contribution in [1.29, 1.82) is 0 Å². The molecule has 1 saturated carbocycles. The summed E-state index contributed by atoms with van der Waals surface area (Å²) in [7, 11) is 0. The highest BCUT2D eigenvalue weighted by molar-refractivity contribution is 6.07. The van der Waals surface area contributed by atoms with E-state index in [0.717, 1.165) is 36.0 Å². The molecule has 7 rings (SSSR count). The van der Waals surface area contributed by atoms with Gasteiger partial charge >= 0.3 is 0 Å². The van der Waals surface area contributed by atoms with Gasteiger partial charge < -0.3 is 19.2 Å². The molecule has 0 spiro atoms. The summed E-state index contributed by atoms with van der Waals surface area (Å²) < 4.78 is 18.4. The van der Waals surface area contributed by atoms with Crippen molar-refractivity contribution in [2.45, 2.75) is 50.0 Å². The van der Waals surface area contributed by atoms with Crippen LogP contribution < -0.4 is 0 Å². The van der Waals surface area contributed by atoms with E-state index in [0.29, 0.717) is 6.42 Å². The number of rotatable bonds is 2. The van der Waals surface area contributed by atoms with E-state index in [2.05, 4.69) is 34.2 Å². The molecule has 24 heavy (non-hydrogen) atoms. The smallest absolute Gasteiger partial charge is 0.289 e. The fraction of sp³-hybridized carbons (Fsp3) is 0.421. The van der Waals surface area contributed by atoms with Crippen LogP contribution in [0.1, 0.15) is 25.0 Å². The summed E-state index contributed by atoms with van der Waals surface area (Å²) in [6.45, 7) is 0. The molecule has 0 radical (unpaired) electrons. The first-order valence-electron chi connectivity index (χ1n) is 8.66. The maximum Gasteiger partial charge on any atom is 0.289 e. The molecule has 3 saturated heterocycles. The molecule has 2 aromatic heterocycles. The number of aromatic nitrogens is 2. The Morgan fingerprint density at radius 1 is 0.958 bits per heavy atom. The Morgan fingerprint density at radius 2 is 1.67 bits per heavy atom. The van der Waals surface area contributed by atoms with Crippen molar-refractivity contribution in [2.75, 3.05) is 0 Å². The Bertz CT molecular complexity index is 913. The molecule has 3 aromatic rings. The molecule has 4 aliphatic rings. The minimum atomic E-state index is -0.951. The lowest BCUT2D eigenvalue weighted by atomic mass is 9.88. The van der Waals surface area contributed by atoms with Crippen molar-refractivity contribution in [3.8, 4) is 0 Å². The first-order valence-corrected chi connectivity index (χ1v) is 8.66. The summed E-state index contributed by atoms with van der Waals surface area (Å²) in [4.78, 5) is 8.11. The van der Waals surface area contributed by atoms with E-state index in [4.69, 9.17) is 14.2 Å². The highest BCUT2D eigenvalue weighted by atomic mass is 16.9. The standard InChI is InChI=1S/C19H18N2O3/c1-2-4-16-14(3-1)15-5-6-20-17(18(15)21-16)10-19-22-11-7-12(23-19)9-13(8-11)24-19/h1-6,11-13,21H,7-10H2. The van der Waals surface area contributed by atoms with Gasteiger partial charge in [-0.2, -0.15) is 0 Å². The Hall–Kier alpha value is -1.95. The van der Waals surface area contributed by atoms with Crippen molar-refractivity contribution in [1.82, 2.24) is 9.97 Å². The molecule has 0 amide bonds. The van der Waals surface area contributed by atoms with E-state index < -0.39 is 5.97 Å². The van der Waals surface area contributed by atoms with Gasteiger partial charge in [0.1, 0.15) is 0 Å². The fourth-order valence-electron chi connectivity index (χ4n) is 4.60. The minimum Gasteiger partial charge on any atom is -0.353 e. The lowest BCUT2D eigenvalue weighted by Gasteiger charge is -2.55. The number of nitrogens with one attached hydrogen (secondary N) is 1. The van der Waals surface area contributed by atoms with Crippen molar-refractivity contribution >= 4 is 21.8 Å². The molecule has 0 atom stereocenters. The van der Waals surface area contributed by atoms with Gasteiger partial charge in [-0.3, -0.25) is 4.98 Å². The molecule has 1 aliphatic carbocycles. The molecule has 1 N–H and O–H groups in total. The third kappa shape index (κ3) is 1.83. The van der Waals surface area contributed by atoms with Crippen molar-refractivity contribution < 1.29 is 14.2 Å². The van der Waals surface area contributed by atoms with Crippen molar-refractivity contribution in [3.05, 3.63) is 42.2 Å². The number of fused-ring (bicyclic) bond motifs is 3. The highest BCUT2D eigenvalue weighted by Crippen LogP contribution is 2.46. The van der Waals surface area contributed by atoms with Crippen LogP contribution in [0.15, 0.2) is 36.5 Å². The number of benzene rings is 1. The van der Waals surface area contributed by atoms with Crippen LogP contribution >= 0.6 is 0 Å². The zero-order chi connectivity index (χ0) is 15.7. The van der Waals surface area contributed by atoms with Gasteiger partial charge in [0.25, 0.3) is 5.97 Å². The van der Waals surface area contributed by atoms with Crippen LogP contribution in [0.4, 0.5) is 0 Å². The van der Waals surface area contributed by atoms with E-state index in [1.54, 1.807) is 0 Å². The first-order chi connectivity index (χ1) is 11.8. The van der Waals surface area contributed by atoms with Crippen LogP contribution in [0.3, 0.4) is 0 Å². The summed E-state index contributed by atoms with van der Waals surface area (Å²) >= 11 is 0. The fourth-order valence-corrected chi connectivity index (χ4v) is 4.60. The quantitative estimate of drug-likeness (QED) is 0.787. The molecular formula is C19H18N2O3. The minimum absolute atomic E-state index is 0.262. The van der Waals surface area contributed by atoms with Crippen LogP contribution in [-0.2, 0) is 20.6 Å². The number of H-pyrrole nitrogens is 1. The molecule has 5 heteroatoms. The van der Waals surface area contributed by atoms with Crippen LogP contribution in [0.2, 0.25) is 0 Å². The predicted octanol–water partition coefficient (Wildman–Crippen LogP) is 3.28. The van der Waals surface area contributed by atoms with Gasteiger partial charge in [0.15, 0.2) is 0 Å². The second-order valence-electron chi connectivity index (χ2n) is 7.14. The van der Waals surface area contributed by atoms with Gasteiger partial charge in [-0.1, -0.05) is 18.2 Å². The van der Waals surface area contributed by atoms with Gasteiger partial charge in [0.2, 0.25) is 0 Å². The molecule has 5 nitrogen and oxygen atoms in total. The predicted molar refractivity (Wildman–Crippen MR) is 88.5 cm³/mol. The lowest BCUT2D eigenvalue weighted by Crippen LogP contribution is -2.63. The van der Waals surface area contributed by atoms with Crippen molar-refractivity contribution in [3.63, 3.8) is 0 Å². The zero-order valence-corrected chi connectivity index (χ0v) is 13.2. The van der Waals surface area contributed by atoms with E-state index in [-0.39, 0.29) is 18.3 Å². The number of hydrogen-bond donors (Lipinski definition) is 1. The van der Waals surface area contributed by atoms with Gasteiger partial charge in [0.05, 0.1) is 35.9 Å². The average Bonchev–Trinajstić information content (AvgIpc) is 2.93. The van der Waals surface area contributed by atoms with Crippen LogP contribution in [0.5, 0.6) is 0 Å². The number of ether oxygens (including phenoxy) is 3. The number of para-hydroxylation sites is 1. The number of pyridine rings is 1. The Balaban J connectivity index is 1.46. The summed E-state index contributed by atoms with van der Waals surface area (Å²) in [5, 5.41) is 2.39. The summed E-state index contributed by atoms with van der Waals surface area (Å²) in [6.07, 6.45) is 6.14. The Kier molecular flexibility index (Phi) is 2.54. The molecule has 122 valence electrons. The maximum absolute atomic E-state index is 6.14. The second-order valence-corrected chi connectivity index (χ2v) is 7.14. The molecule has 4 fully saturated rings. The van der Waals surface area contributed by atoms with E-state index in [1.807, 2.05) is 12.3 Å². The third-order valence-corrected chi connectivity index (χ3v) is 5.51. The van der Waals surface area contributed by atoms with Crippen LogP contribution in [0, 0.1) is 0 Å². The molecule has 3 aliphatic heterocycles. The summed E-state index contributed by atoms with van der Waals surface area (Å²) in [5.41, 5.74) is 3.10. The Labute approximate surface area is 138 Å². The first kappa shape index (κ1) is 13.4. The maximum atomic E-state index is 6.14. The molecule has 1 aromatic carbocycles. The molecule has 0 unspecified atom stereocenters. The number of hydrogen-bond acceptors (Lipinski definition) is 4. The lowest BCUT2D eigenvalue weighted by molar-refractivity contribution is -0.493. The molecule has 5 heterocycles. The second kappa shape index (κ2) is 4.57. The SMILES string of the molecule is c1ccc2c(c1)[nH]c1c(CC34OC5CC(CC(C5)O3)O4)nccc12. The summed E-state index contributed by atoms with van der Waals surface area (Å²) in [6, 6.07) is 10.4. The van der Waals surface area contributed by atoms with Crippen LogP contribution in [-0.4, -0.2) is 34.3 Å². The van der Waals surface area contributed by atoms with Gasteiger partial charge in [0, 0.05) is 41.7 Å². The van der Waals surface area contributed by atoms with E-state index in [9.17, 15) is 0 Å². The van der Waals surface area contributed by atoms with E-state index >= 15 is 0 Å². The van der Waals surface area contributed by atoms with Gasteiger partial charge in [-0.15, -0.1) is 0 Å². The van der Waals surface area contributed by atoms with Gasteiger partial charge in [-0.25, -0.2) is 0 Å². The number of nitrogens with zero attached hydrogens (tertiary/aromatic N) is 1. The average molecular weight is 322 g/mol. The summed E-state index contributed by atoms with van der Waals surface area (Å²) in [5.74, 6) is -0.951.